The van der Waals surface area contributed by atoms with E-state index in [9.17, 15) is 0 Å². The van der Waals surface area contributed by atoms with Gasteiger partial charge in [0.2, 0.25) is 0 Å². The maximum atomic E-state index is 5.69. The average Bonchev–Trinajstić information content (AvgIpc) is 2.30. The zero-order valence-corrected chi connectivity index (χ0v) is 10.8. The lowest BCUT2D eigenvalue weighted by atomic mass is 10.1. The van der Waals surface area contributed by atoms with Gasteiger partial charge in [-0.2, -0.15) is 11.8 Å². The fraction of sp³-hybridized carbons (Fsp3) is 0.667. The molecule has 1 aromatic heterocycles. The number of aryl methyl sites for hydroxylation is 2. The van der Waals surface area contributed by atoms with Crippen molar-refractivity contribution in [3.63, 3.8) is 0 Å². The molecule has 2 rings (SSSR count). The number of hydrogen-bond donors (Lipinski definition) is 1. The van der Waals surface area contributed by atoms with Gasteiger partial charge in [0.25, 0.3) is 0 Å². The summed E-state index contributed by atoms with van der Waals surface area (Å²) < 4.78 is 0. The molecule has 1 unspecified atom stereocenters. The quantitative estimate of drug-likeness (QED) is 0.858. The van der Waals surface area contributed by atoms with Crippen LogP contribution in [0, 0.1) is 13.8 Å². The summed E-state index contributed by atoms with van der Waals surface area (Å²) in [5.74, 6) is 2.25. The van der Waals surface area contributed by atoms with E-state index >= 15 is 0 Å². The van der Waals surface area contributed by atoms with E-state index in [1.54, 1.807) is 0 Å². The molecule has 16 heavy (non-hydrogen) atoms. The van der Waals surface area contributed by atoms with E-state index in [1.807, 2.05) is 25.6 Å². The van der Waals surface area contributed by atoms with Crippen molar-refractivity contribution >= 4 is 11.8 Å². The third-order valence-corrected chi connectivity index (χ3v) is 4.48. The van der Waals surface area contributed by atoms with Crippen molar-refractivity contribution in [1.29, 1.82) is 0 Å². The molecule has 1 aromatic rings. The lowest BCUT2D eigenvalue weighted by Crippen LogP contribution is -2.12. The van der Waals surface area contributed by atoms with Crippen LogP contribution in [-0.2, 0) is 6.54 Å². The van der Waals surface area contributed by atoms with Crippen molar-refractivity contribution in [2.75, 3.05) is 5.75 Å². The van der Waals surface area contributed by atoms with Crippen molar-refractivity contribution in [2.45, 2.75) is 44.9 Å². The Morgan fingerprint density at radius 3 is 2.44 bits per heavy atom. The second-order valence-corrected chi connectivity index (χ2v) is 5.60. The highest BCUT2D eigenvalue weighted by molar-refractivity contribution is 7.99. The number of hydrogen-bond acceptors (Lipinski definition) is 4. The topological polar surface area (TPSA) is 51.8 Å². The summed E-state index contributed by atoms with van der Waals surface area (Å²) >= 11 is 1.99. The summed E-state index contributed by atoms with van der Waals surface area (Å²) in [6.07, 6.45) is 3.85. The van der Waals surface area contributed by atoms with E-state index in [4.69, 9.17) is 5.73 Å². The molecule has 1 saturated heterocycles. The molecule has 2 N–H and O–H groups in total. The van der Waals surface area contributed by atoms with E-state index < -0.39 is 0 Å². The first-order chi connectivity index (χ1) is 7.72. The molecule has 0 bridgehead atoms. The summed E-state index contributed by atoms with van der Waals surface area (Å²) in [7, 11) is 0. The summed E-state index contributed by atoms with van der Waals surface area (Å²) in [6.45, 7) is 4.61. The van der Waals surface area contributed by atoms with E-state index in [0.717, 1.165) is 22.8 Å². The van der Waals surface area contributed by atoms with Gasteiger partial charge in [0.1, 0.15) is 5.82 Å². The van der Waals surface area contributed by atoms with Gasteiger partial charge < -0.3 is 5.73 Å². The Morgan fingerprint density at radius 1 is 1.25 bits per heavy atom. The molecule has 0 aliphatic carbocycles. The maximum Gasteiger partial charge on any atom is 0.141 e. The average molecular weight is 237 g/mol. The van der Waals surface area contributed by atoms with E-state index in [0.29, 0.717) is 11.8 Å². The van der Waals surface area contributed by atoms with Crippen LogP contribution in [0.25, 0.3) is 0 Å². The van der Waals surface area contributed by atoms with Crippen molar-refractivity contribution in [3.8, 4) is 0 Å². The Morgan fingerprint density at radius 2 is 1.94 bits per heavy atom. The minimum atomic E-state index is 0.498. The third-order valence-electron chi connectivity index (χ3n) is 3.11. The molecule has 3 nitrogen and oxygen atoms in total. The predicted molar refractivity (Wildman–Crippen MR) is 68.4 cm³/mol. The highest BCUT2D eigenvalue weighted by Crippen LogP contribution is 2.36. The molecular formula is C12H19N3S. The molecule has 1 aliphatic rings. The zero-order valence-electron chi connectivity index (χ0n) is 9.99. The normalized spacial score (nSPS) is 21.1. The number of rotatable bonds is 2. The summed E-state index contributed by atoms with van der Waals surface area (Å²) in [4.78, 5) is 9.23. The molecule has 88 valence electrons. The molecule has 1 fully saturated rings. The Labute approximate surface area is 101 Å². The predicted octanol–water partition coefficient (Wildman–Crippen LogP) is 2.51. The highest BCUT2D eigenvalue weighted by Gasteiger charge is 2.20. The Balaban J connectivity index is 2.28. The van der Waals surface area contributed by atoms with Crippen LogP contribution in [0.4, 0.5) is 0 Å². The molecular weight excluding hydrogens is 218 g/mol. The van der Waals surface area contributed by atoms with Crippen LogP contribution in [-0.4, -0.2) is 15.7 Å². The van der Waals surface area contributed by atoms with Crippen molar-refractivity contribution < 1.29 is 0 Å². The van der Waals surface area contributed by atoms with Crippen LogP contribution in [0.2, 0.25) is 0 Å². The molecule has 2 heterocycles. The van der Waals surface area contributed by atoms with Gasteiger partial charge in [0.05, 0.1) is 5.25 Å². The minimum Gasteiger partial charge on any atom is -0.326 e. The van der Waals surface area contributed by atoms with Gasteiger partial charge in [-0.3, -0.25) is 0 Å². The molecule has 0 saturated carbocycles. The maximum absolute atomic E-state index is 5.69. The Kier molecular flexibility index (Phi) is 3.82. The largest absolute Gasteiger partial charge is 0.326 e. The van der Waals surface area contributed by atoms with Crippen molar-refractivity contribution in [1.82, 2.24) is 9.97 Å². The molecule has 0 spiro atoms. The number of nitrogens with two attached hydrogens (primary N) is 1. The van der Waals surface area contributed by atoms with Crippen LogP contribution in [0.3, 0.4) is 0 Å². The van der Waals surface area contributed by atoms with Gasteiger partial charge in [0.15, 0.2) is 0 Å². The molecule has 1 atom stereocenters. The fourth-order valence-electron chi connectivity index (χ4n) is 2.15. The van der Waals surface area contributed by atoms with E-state index in [1.165, 1.54) is 25.0 Å². The standard InChI is InChI=1S/C12H19N3S/c1-8-10(7-13)9(2)15-12(14-8)11-5-3-4-6-16-11/h11H,3-7,13H2,1-2H3. The summed E-state index contributed by atoms with van der Waals surface area (Å²) in [5, 5.41) is 0.498. The number of thioether (sulfide) groups is 1. The molecule has 0 radical (unpaired) electrons. The number of aromatic nitrogens is 2. The molecule has 1 aliphatic heterocycles. The Hall–Kier alpha value is -0.610. The van der Waals surface area contributed by atoms with E-state index in [2.05, 4.69) is 9.97 Å². The first-order valence-corrected chi connectivity index (χ1v) is 6.93. The lowest BCUT2D eigenvalue weighted by molar-refractivity contribution is 0.656. The molecule has 4 heteroatoms. The summed E-state index contributed by atoms with van der Waals surface area (Å²) in [5.41, 5.74) is 8.90. The van der Waals surface area contributed by atoms with Gasteiger partial charge in [0, 0.05) is 23.5 Å². The van der Waals surface area contributed by atoms with Crippen LogP contribution >= 0.6 is 11.8 Å². The Bertz CT molecular complexity index is 350. The highest BCUT2D eigenvalue weighted by atomic mass is 32.2. The van der Waals surface area contributed by atoms with Crippen LogP contribution < -0.4 is 5.73 Å². The smallest absolute Gasteiger partial charge is 0.141 e. The molecule has 0 amide bonds. The summed E-state index contributed by atoms with van der Waals surface area (Å²) in [6, 6.07) is 0. The van der Waals surface area contributed by atoms with Gasteiger partial charge in [-0.05, 0) is 32.4 Å². The first kappa shape index (κ1) is 11.9. The first-order valence-electron chi connectivity index (χ1n) is 5.88. The second-order valence-electron chi connectivity index (χ2n) is 4.29. The van der Waals surface area contributed by atoms with Crippen molar-refractivity contribution in [3.05, 3.63) is 22.8 Å². The monoisotopic (exact) mass is 237 g/mol. The number of nitrogens with zero attached hydrogens (tertiary/aromatic N) is 2. The van der Waals surface area contributed by atoms with Crippen LogP contribution in [0.1, 0.15) is 47.3 Å². The van der Waals surface area contributed by atoms with Gasteiger partial charge in [-0.25, -0.2) is 9.97 Å². The van der Waals surface area contributed by atoms with Gasteiger partial charge in [-0.15, -0.1) is 0 Å². The van der Waals surface area contributed by atoms with Crippen molar-refractivity contribution in [2.24, 2.45) is 5.73 Å². The lowest BCUT2D eigenvalue weighted by Gasteiger charge is -2.21. The zero-order chi connectivity index (χ0) is 11.5. The fourth-order valence-corrected chi connectivity index (χ4v) is 3.39. The van der Waals surface area contributed by atoms with Gasteiger partial charge in [-0.1, -0.05) is 6.42 Å². The van der Waals surface area contributed by atoms with Crippen LogP contribution in [0.15, 0.2) is 0 Å². The van der Waals surface area contributed by atoms with Gasteiger partial charge >= 0.3 is 0 Å². The third kappa shape index (κ3) is 2.38. The van der Waals surface area contributed by atoms with Crippen LogP contribution in [0.5, 0.6) is 0 Å². The SMILES string of the molecule is Cc1nc(C2CCCCS2)nc(C)c1CN. The molecule has 0 aromatic carbocycles. The van der Waals surface area contributed by atoms with E-state index in [-0.39, 0.29) is 0 Å². The minimum absolute atomic E-state index is 0.498. The second kappa shape index (κ2) is 5.15.